The molecule has 19 heavy (non-hydrogen) atoms. The summed E-state index contributed by atoms with van der Waals surface area (Å²) in [6.07, 6.45) is 0. The molecule has 0 aliphatic carbocycles. The van der Waals surface area contributed by atoms with Crippen molar-refractivity contribution in [1.82, 2.24) is 0 Å². The minimum atomic E-state index is 0.570. The Balaban J connectivity index is 2.45. The van der Waals surface area contributed by atoms with E-state index in [1.807, 2.05) is 19.1 Å². The summed E-state index contributed by atoms with van der Waals surface area (Å²) >= 11 is 9.59. The van der Waals surface area contributed by atoms with E-state index in [0.29, 0.717) is 10.7 Å². The van der Waals surface area contributed by atoms with Crippen LogP contribution in [0, 0.1) is 20.8 Å². The number of nitrogen functional groups attached to an aromatic ring is 1. The zero-order valence-corrected chi connectivity index (χ0v) is 13.5. The lowest BCUT2D eigenvalue weighted by Gasteiger charge is -2.16. The minimum absolute atomic E-state index is 0.570. The first-order valence-electron chi connectivity index (χ1n) is 5.98. The zero-order chi connectivity index (χ0) is 14.2. The Morgan fingerprint density at radius 2 is 1.58 bits per heavy atom. The van der Waals surface area contributed by atoms with Gasteiger partial charge in [-0.3, -0.25) is 0 Å². The molecule has 0 saturated carbocycles. The molecule has 2 aromatic carbocycles. The first-order chi connectivity index (χ1) is 8.88. The monoisotopic (exact) mass is 338 g/mol. The second kappa shape index (κ2) is 5.43. The molecule has 100 valence electrons. The van der Waals surface area contributed by atoms with Crippen LogP contribution in [0.1, 0.15) is 16.7 Å². The van der Waals surface area contributed by atoms with Crippen LogP contribution >= 0.6 is 27.5 Å². The molecule has 0 aliphatic rings. The van der Waals surface area contributed by atoms with Crippen LogP contribution in [-0.2, 0) is 0 Å². The summed E-state index contributed by atoms with van der Waals surface area (Å²) in [4.78, 5) is 0. The molecule has 0 fully saturated rings. The maximum absolute atomic E-state index is 6.08. The number of hydrogen-bond donors (Lipinski definition) is 2. The average molecular weight is 340 g/mol. The maximum atomic E-state index is 6.08. The molecule has 0 aromatic heterocycles. The molecule has 3 N–H and O–H groups in total. The molecular formula is C15H16BrClN2. The van der Waals surface area contributed by atoms with Gasteiger partial charge in [0.2, 0.25) is 0 Å². The van der Waals surface area contributed by atoms with E-state index < -0.39 is 0 Å². The highest BCUT2D eigenvalue weighted by Crippen LogP contribution is 2.32. The molecule has 2 nitrogen and oxygen atoms in total. The lowest BCUT2D eigenvalue weighted by molar-refractivity contribution is 1.33. The lowest BCUT2D eigenvalue weighted by Crippen LogP contribution is -1.99. The molecule has 0 unspecified atom stereocenters. The first kappa shape index (κ1) is 14.2. The van der Waals surface area contributed by atoms with Crippen LogP contribution in [0.5, 0.6) is 0 Å². The number of anilines is 3. The average Bonchev–Trinajstić information content (AvgIpc) is 2.29. The number of halogens is 2. The van der Waals surface area contributed by atoms with Crippen molar-refractivity contribution in [3.63, 3.8) is 0 Å². The molecule has 0 aliphatic heterocycles. The second-order valence-electron chi connectivity index (χ2n) is 4.73. The predicted octanol–water partition coefficient (Wildman–Crippen LogP) is 5.35. The summed E-state index contributed by atoms with van der Waals surface area (Å²) in [6.45, 7) is 6.17. The van der Waals surface area contributed by atoms with Gasteiger partial charge in [-0.25, -0.2) is 0 Å². The lowest BCUT2D eigenvalue weighted by atomic mass is 10.1. The van der Waals surface area contributed by atoms with E-state index in [4.69, 9.17) is 17.3 Å². The molecule has 0 bridgehead atoms. The first-order valence-corrected chi connectivity index (χ1v) is 7.15. The summed E-state index contributed by atoms with van der Waals surface area (Å²) in [7, 11) is 0. The highest BCUT2D eigenvalue weighted by Gasteiger charge is 2.08. The van der Waals surface area contributed by atoms with Crippen molar-refractivity contribution in [3.05, 3.63) is 50.5 Å². The third kappa shape index (κ3) is 3.04. The molecule has 2 rings (SSSR count). The van der Waals surface area contributed by atoms with Crippen LogP contribution < -0.4 is 11.1 Å². The molecule has 0 heterocycles. The Kier molecular flexibility index (Phi) is 4.07. The van der Waals surface area contributed by atoms with E-state index in [-0.39, 0.29) is 0 Å². The Hall–Kier alpha value is -1.19. The summed E-state index contributed by atoms with van der Waals surface area (Å²) in [5.41, 5.74) is 11.9. The number of rotatable bonds is 2. The molecule has 2 aromatic rings. The summed E-state index contributed by atoms with van der Waals surface area (Å²) in [6, 6.07) is 7.93. The molecule has 4 heteroatoms. The normalized spacial score (nSPS) is 10.6. The highest BCUT2D eigenvalue weighted by molar-refractivity contribution is 9.10. The fourth-order valence-electron chi connectivity index (χ4n) is 2.08. The molecular weight excluding hydrogens is 324 g/mol. The van der Waals surface area contributed by atoms with Gasteiger partial charge in [-0.05, 0) is 61.7 Å². The third-order valence-corrected chi connectivity index (χ3v) is 3.89. The van der Waals surface area contributed by atoms with Gasteiger partial charge in [0.05, 0.1) is 10.7 Å². The van der Waals surface area contributed by atoms with Crippen LogP contribution in [0.25, 0.3) is 0 Å². The van der Waals surface area contributed by atoms with E-state index in [0.717, 1.165) is 21.4 Å². The summed E-state index contributed by atoms with van der Waals surface area (Å²) in [5, 5.41) is 4.01. The molecule has 0 amide bonds. The number of nitrogens with one attached hydrogen (secondary N) is 1. The van der Waals surface area contributed by atoms with Crippen LogP contribution in [0.3, 0.4) is 0 Å². The predicted molar refractivity (Wildman–Crippen MR) is 87.5 cm³/mol. The topological polar surface area (TPSA) is 38.0 Å². The van der Waals surface area contributed by atoms with Gasteiger partial charge in [-0.2, -0.15) is 0 Å². The fourth-order valence-corrected chi connectivity index (χ4v) is 2.93. The van der Waals surface area contributed by atoms with Crippen LogP contribution in [-0.4, -0.2) is 0 Å². The standard InChI is InChI=1S/C15H16BrClN2/c1-8-6-13(18)12(17)7-14(8)19-15-9(2)4-11(16)5-10(15)3/h4-7,19H,18H2,1-3H3. The van der Waals surface area contributed by atoms with Gasteiger partial charge in [0.25, 0.3) is 0 Å². The van der Waals surface area contributed by atoms with Gasteiger partial charge in [-0.15, -0.1) is 0 Å². The van der Waals surface area contributed by atoms with Gasteiger partial charge in [-0.1, -0.05) is 27.5 Å². The fraction of sp³-hybridized carbons (Fsp3) is 0.200. The van der Waals surface area contributed by atoms with Gasteiger partial charge >= 0.3 is 0 Å². The third-order valence-electron chi connectivity index (χ3n) is 3.10. The number of hydrogen-bond acceptors (Lipinski definition) is 2. The Labute approximate surface area is 127 Å². The Morgan fingerprint density at radius 3 is 2.16 bits per heavy atom. The molecule has 0 atom stereocenters. The molecule has 0 radical (unpaired) electrons. The number of aryl methyl sites for hydroxylation is 3. The highest BCUT2D eigenvalue weighted by atomic mass is 79.9. The van der Waals surface area contributed by atoms with Gasteiger partial charge in [0.1, 0.15) is 0 Å². The Bertz CT molecular complexity index is 615. The van der Waals surface area contributed by atoms with Gasteiger partial charge in [0.15, 0.2) is 0 Å². The van der Waals surface area contributed by atoms with Crippen molar-refractivity contribution in [2.24, 2.45) is 0 Å². The molecule has 0 spiro atoms. The van der Waals surface area contributed by atoms with E-state index in [9.17, 15) is 0 Å². The Morgan fingerprint density at radius 1 is 1.00 bits per heavy atom. The van der Waals surface area contributed by atoms with Crippen molar-refractivity contribution < 1.29 is 0 Å². The quantitative estimate of drug-likeness (QED) is 0.723. The van der Waals surface area contributed by atoms with Crippen molar-refractivity contribution in [2.75, 3.05) is 11.1 Å². The zero-order valence-electron chi connectivity index (χ0n) is 11.1. The van der Waals surface area contributed by atoms with Gasteiger partial charge in [0, 0.05) is 15.8 Å². The van der Waals surface area contributed by atoms with Crippen molar-refractivity contribution in [1.29, 1.82) is 0 Å². The SMILES string of the molecule is Cc1cc(N)c(Cl)cc1Nc1c(C)cc(Br)cc1C. The van der Waals surface area contributed by atoms with E-state index >= 15 is 0 Å². The largest absolute Gasteiger partial charge is 0.398 e. The molecule has 0 saturated heterocycles. The van der Waals surface area contributed by atoms with E-state index in [1.54, 1.807) is 0 Å². The number of nitrogens with two attached hydrogens (primary N) is 1. The number of benzene rings is 2. The summed E-state index contributed by atoms with van der Waals surface area (Å²) in [5.74, 6) is 0. The van der Waals surface area contributed by atoms with Gasteiger partial charge < -0.3 is 11.1 Å². The van der Waals surface area contributed by atoms with Crippen LogP contribution in [0.15, 0.2) is 28.7 Å². The maximum Gasteiger partial charge on any atom is 0.0656 e. The second-order valence-corrected chi connectivity index (χ2v) is 6.05. The minimum Gasteiger partial charge on any atom is -0.398 e. The van der Waals surface area contributed by atoms with E-state index in [2.05, 4.69) is 47.2 Å². The smallest absolute Gasteiger partial charge is 0.0656 e. The van der Waals surface area contributed by atoms with Crippen LogP contribution in [0.2, 0.25) is 5.02 Å². The van der Waals surface area contributed by atoms with Crippen molar-refractivity contribution >= 4 is 44.6 Å². The van der Waals surface area contributed by atoms with Crippen molar-refractivity contribution in [2.45, 2.75) is 20.8 Å². The summed E-state index contributed by atoms with van der Waals surface area (Å²) < 4.78 is 1.08. The van der Waals surface area contributed by atoms with E-state index in [1.165, 1.54) is 11.1 Å². The van der Waals surface area contributed by atoms with Crippen molar-refractivity contribution in [3.8, 4) is 0 Å². The van der Waals surface area contributed by atoms with Crippen LogP contribution in [0.4, 0.5) is 17.1 Å².